The summed E-state index contributed by atoms with van der Waals surface area (Å²) in [6.45, 7) is 3.15. The molecule has 26 heavy (non-hydrogen) atoms. The molecular weight excluding hydrogens is 372 g/mol. The second-order valence-corrected chi connectivity index (χ2v) is 6.98. The zero-order valence-corrected chi connectivity index (χ0v) is 16.1. The molecule has 2 heterocycles. The van der Waals surface area contributed by atoms with Crippen LogP contribution in [0.4, 0.5) is 0 Å². The average Bonchev–Trinajstić information content (AvgIpc) is 3.28. The van der Waals surface area contributed by atoms with Gasteiger partial charge in [-0.3, -0.25) is 4.79 Å². The zero-order chi connectivity index (χ0) is 18.5. The first-order chi connectivity index (χ1) is 12.6. The second-order valence-electron chi connectivity index (χ2n) is 5.79. The first-order valence-corrected chi connectivity index (χ1v) is 9.44. The van der Waals surface area contributed by atoms with E-state index in [1.54, 1.807) is 36.3 Å². The molecule has 0 fully saturated rings. The lowest BCUT2D eigenvalue weighted by Gasteiger charge is -2.22. The number of amides is 1. The highest BCUT2D eigenvalue weighted by atomic mass is 35.5. The summed E-state index contributed by atoms with van der Waals surface area (Å²) in [4.78, 5) is 15.0. The molecule has 0 N–H and O–H groups in total. The molecule has 1 aromatic carbocycles. The molecule has 0 radical (unpaired) electrons. The highest BCUT2D eigenvalue weighted by molar-refractivity contribution is 7.07. The highest BCUT2D eigenvalue weighted by Crippen LogP contribution is 2.32. The van der Waals surface area contributed by atoms with Gasteiger partial charge in [0.25, 0.3) is 5.91 Å². The van der Waals surface area contributed by atoms with E-state index in [0.29, 0.717) is 47.3 Å². The minimum absolute atomic E-state index is 0.151. The standard InChI is InChI=1S/C19H19ClN2O3S/c1-13-17(18(21-25-13)15-5-3-4-6-16(15)20)19(23)22(8-9-24-2)11-14-7-10-26-12-14/h3-7,10,12H,8-9,11H2,1-2H3. The van der Waals surface area contributed by atoms with Gasteiger partial charge >= 0.3 is 0 Å². The van der Waals surface area contributed by atoms with Crippen LogP contribution in [0.2, 0.25) is 5.02 Å². The maximum absolute atomic E-state index is 13.3. The Hall–Kier alpha value is -2.15. The van der Waals surface area contributed by atoms with E-state index in [9.17, 15) is 4.79 Å². The minimum Gasteiger partial charge on any atom is -0.383 e. The molecule has 0 aliphatic carbocycles. The number of methoxy groups -OCH3 is 1. The SMILES string of the molecule is COCCN(Cc1ccsc1)C(=O)c1c(-c2ccccc2Cl)noc1C. The van der Waals surface area contributed by atoms with Gasteiger partial charge in [-0.15, -0.1) is 0 Å². The number of nitrogens with zero attached hydrogens (tertiary/aromatic N) is 2. The molecule has 3 rings (SSSR count). The van der Waals surface area contributed by atoms with Crippen LogP contribution in [0.3, 0.4) is 0 Å². The van der Waals surface area contributed by atoms with Crippen molar-refractivity contribution in [3.8, 4) is 11.3 Å². The molecule has 0 atom stereocenters. The van der Waals surface area contributed by atoms with Crippen molar-refractivity contribution >= 4 is 28.8 Å². The number of thiophene rings is 1. The van der Waals surface area contributed by atoms with Gasteiger partial charge in [0.05, 0.1) is 11.6 Å². The van der Waals surface area contributed by atoms with Crippen molar-refractivity contribution in [2.24, 2.45) is 0 Å². The van der Waals surface area contributed by atoms with Crippen molar-refractivity contribution in [1.29, 1.82) is 0 Å². The number of halogens is 1. The number of aromatic nitrogens is 1. The van der Waals surface area contributed by atoms with Crippen LogP contribution in [0.5, 0.6) is 0 Å². The van der Waals surface area contributed by atoms with Crippen LogP contribution in [-0.4, -0.2) is 36.2 Å². The van der Waals surface area contributed by atoms with E-state index >= 15 is 0 Å². The monoisotopic (exact) mass is 390 g/mol. The molecule has 0 aliphatic heterocycles. The number of hydrogen-bond acceptors (Lipinski definition) is 5. The van der Waals surface area contributed by atoms with Crippen molar-refractivity contribution < 1.29 is 14.1 Å². The number of ether oxygens (including phenoxy) is 1. The Kier molecular flexibility index (Phi) is 6.08. The van der Waals surface area contributed by atoms with Crippen molar-refractivity contribution in [3.05, 3.63) is 63.0 Å². The van der Waals surface area contributed by atoms with Crippen molar-refractivity contribution in [2.75, 3.05) is 20.3 Å². The zero-order valence-electron chi connectivity index (χ0n) is 14.6. The van der Waals surface area contributed by atoms with E-state index in [0.717, 1.165) is 5.56 Å². The van der Waals surface area contributed by atoms with Crippen molar-refractivity contribution in [1.82, 2.24) is 10.1 Å². The summed E-state index contributed by atoms with van der Waals surface area (Å²) in [5.74, 6) is 0.319. The summed E-state index contributed by atoms with van der Waals surface area (Å²) in [7, 11) is 1.62. The van der Waals surface area contributed by atoms with E-state index in [1.165, 1.54) is 0 Å². The first-order valence-electron chi connectivity index (χ1n) is 8.12. The van der Waals surface area contributed by atoms with E-state index in [4.69, 9.17) is 20.9 Å². The first kappa shape index (κ1) is 18.6. The number of carbonyl (C=O) groups excluding carboxylic acids is 1. The molecule has 2 aromatic heterocycles. The molecule has 0 saturated heterocycles. The Morgan fingerprint density at radius 2 is 2.15 bits per heavy atom. The number of carbonyl (C=O) groups is 1. The Balaban J connectivity index is 1.96. The molecule has 0 spiro atoms. The summed E-state index contributed by atoms with van der Waals surface area (Å²) in [6.07, 6.45) is 0. The lowest BCUT2D eigenvalue weighted by atomic mass is 10.0. The quantitative estimate of drug-likeness (QED) is 0.589. The summed E-state index contributed by atoms with van der Waals surface area (Å²) in [6, 6.07) is 9.29. The van der Waals surface area contributed by atoms with Gasteiger partial charge < -0.3 is 14.2 Å². The molecule has 0 aliphatic rings. The van der Waals surface area contributed by atoms with Crippen LogP contribution < -0.4 is 0 Å². The van der Waals surface area contributed by atoms with Crippen molar-refractivity contribution in [3.63, 3.8) is 0 Å². The Morgan fingerprint density at radius 1 is 1.35 bits per heavy atom. The molecule has 3 aromatic rings. The smallest absolute Gasteiger partial charge is 0.260 e. The van der Waals surface area contributed by atoms with Gasteiger partial charge in [0.15, 0.2) is 0 Å². The Labute approximate surface area is 161 Å². The lowest BCUT2D eigenvalue weighted by molar-refractivity contribution is 0.0679. The van der Waals surface area contributed by atoms with Gasteiger partial charge in [-0.05, 0) is 35.4 Å². The summed E-state index contributed by atoms with van der Waals surface area (Å²) >= 11 is 7.90. The molecule has 0 saturated carbocycles. The predicted octanol–water partition coefficient (Wildman–Crippen LogP) is 4.65. The molecule has 0 bridgehead atoms. The van der Waals surface area contributed by atoms with Crippen LogP contribution in [0, 0.1) is 6.92 Å². The van der Waals surface area contributed by atoms with E-state index in [-0.39, 0.29) is 5.91 Å². The molecule has 5 nitrogen and oxygen atoms in total. The van der Waals surface area contributed by atoms with Gasteiger partial charge in [-0.1, -0.05) is 35.0 Å². The van der Waals surface area contributed by atoms with Gasteiger partial charge in [0.2, 0.25) is 0 Å². The van der Waals surface area contributed by atoms with E-state index in [1.807, 2.05) is 35.0 Å². The van der Waals surface area contributed by atoms with Crippen LogP contribution >= 0.6 is 22.9 Å². The van der Waals surface area contributed by atoms with Crippen molar-refractivity contribution in [2.45, 2.75) is 13.5 Å². The highest BCUT2D eigenvalue weighted by Gasteiger charge is 2.27. The minimum atomic E-state index is -0.151. The summed E-state index contributed by atoms with van der Waals surface area (Å²) < 4.78 is 10.5. The fraction of sp³-hybridized carbons (Fsp3) is 0.263. The maximum atomic E-state index is 13.3. The van der Waals surface area contributed by atoms with Crippen LogP contribution in [0.15, 0.2) is 45.6 Å². The van der Waals surface area contributed by atoms with Gasteiger partial charge in [0.1, 0.15) is 17.0 Å². The molecule has 1 amide bonds. The molecule has 7 heteroatoms. The Bertz CT molecular complexity index is 877. The largest absolute Gasteiger partial charge is 0.383 e. The maximum Gasteiger partial charge on any atom is 0.260 e. The van der Waals surface area contributed by atoms with E-state index < -0.39 is 0 Å². The van der Waals surface area contributed by atoms with Crippen LogP contribution in [0.25, 0.3) is 11.3 Å². The van der Waals surface area contributed by atoms with Crippen LogP contribution in [-0.2, 0) is 11.3 Å². The summed E-state index contributed by atoms with van der Waals surface area (Å²) in [5, 5.41) is 8.64. The number of rotatable bonds is 7. The fourth-order valence-electron chi connectivity index (χ4n) is 2.68. The predicted molar refractivity (Wildman–Crippen MR) is 103 cm³/mol. The third-order valence-corrected chi connectivity index (χ3v) is 5.07. The topological polar surface area (TPSA) is 55.6 Å². The van der Waals surface area contributed by atoms with Gasteiger partial charge in [-0.25, -0.2) is 0 Å². The number of aryl methyl sites for hydroxylation is 1. The summed E-state index contributed by atoms with van der Waals surface area (Å²) in [5.41, 5.74) is 2.65. The lowest BCUT2D eigenvalue weighted by Crippen LogP contribution is -2.33. The normalized spacial score (nSPS) is 10.9. The van der Waals surface area contributed by atoms with Gasteiger partial charge in [-0.2, -0.15) is 11.3 Å². The molecule has 136 valence electrons. The van der Waals surface area contributed by atoms with Gasteiger partial charge in [0, 0.05) is 25.8 Å². The second kappa shape index (κ2) is 8.49. The Morgan fingerprint density at radius 3 is 2.85 bits per heavy atom. The molecule has 0 unspecified atom stereocenters. The number of benzene rings is 1. The fourth-order valence-corrected chi connectivity index (χ4v) is 3.56. The van der Waals surface area contributed by atoms with E-state index in [2.05, 4.69) is 5.16 Å². The molecular formula is C19H19ClN2O3S. The number of hydrogen-bond donors (Lipinski definition) is 0. The average molecular weight is 391 g/mol. The third kappa shape index (κ3) is 3.98. The third-order valence-electron chi connectivity index (χ3n) is 4.01. The van der Waals surface area contributed by atoms with Crippen LogP contribution in [0.1, 0.15) is 21.7 Å².